The van der Waals surface area contributed by atoms with Crippen LogP contribution in [0.4, 0.5) is 13.2 Å². The second-order valence-electron chi connectivity index (χ2n) is 5.96. The molecule has 0 radical (unpaired) electrons. The highest BCUT2D eigenvalue weighted by atomic mass is 19.4. The molecule has 1 N–H and O–H groups in total. The minimum Gasteiger partial charge on any atom is -0.314 e. The second kappa shape index (κ2) is 6.52. The average molecular weight is 314 g/mol. The number of halogens is 3. The highest BCUT2D eigenvalue weighted by molar-refractivity contribution is 5.23. The van der Waals surface area contributed by atoms with Gasteiger partial charge in [-0.15, -0.1) is 0 Å². The number of likely N-dealkylation sites (tertiary alicyclic amines) is 1. The van der Waals surface area contributed by atoms with Crippen LogP contribution in [-0.4, -0.2) is 60.1 Å². The molecule has 7 heteroatoms. The fourth-order valence-electron chi connectivity index (χ4n) is 3.34. The van der Waals surface area contributed by atoms with E-state index in [2.05, 4.69) is 20.1 Å². The first-order valence-electron chi connectivity index (χ1n) is 7.72. The van der Waals surface area contributed by atoms with E-state index in [4.69, 9.17) is 0 Å². The highest BCUT2D eigenvalue weighted by Gasteiger charge is 2.35. The zero-order chi connectivity index (χ0) is 15.6. The Morgan fingerprint density at radius 2 is 2.00 bits per heavy atom. The first-order chi connectivity index (χ1) is 10.5. The Morgan fingerprint density at radius 3 is 2.73 bits per heavy atom. The van der Waals surface area contributed by atoms with Gasteiger partial charge in [0.1, 0.15) is 0 Å². The summed E-state index contributed by atoms with van der Waals surface area (Å²) in [5, 5.41) is 3.32. The monoisotopic (exact) mass is 314 g/mol. The number of pyridine rings is 1. The van der Waals surface area contributed by atoms with E-state index in [0.29, 0.717) is 6.04 Å². The lowest BCUT2D eigenvalue weighted by molar-refractivity contribution is -0.138. The maximum absolute atomic E-state index is 13.0. The van der Waals surface area contributed by atoms with Crippen molar-refractivity contribution >= 4 is 0 Å². The SMILES string of the molecule is FC(F)(F)c1cccnc1CN1CCC(N2CCNCC2)C1. The normalized spacial score (nSPS) is 24.8. The molecule has 1 aromatic rings. The average Bonchev–Trinajstić information content (AvgIpc) is 2.96. The van der Waals surface area contributed by atoms with Crippen molar-refractivity contribution in [2.45, 2.75) is 25.2 Å². The minimum absolute atomic E-state index is 0.135. The van der Waals surface area contributed by atoms with Crippen LogP contribution in [0, 0.1) is 0 Å². The number of hydrogen-bond acceptors (Lipinski definition) is 4. The van der Waals surface area contributed by atoms with Crippen molar-refractivity contribution in [3.63, 3.8) is 0 Å². The molecule has 3 heterocycles. The van der Waals surface area contributed by atoms with Gasteiger partial charge >= 0.3 is 6.18 Å². The maximum atomic E-state index is 13.0. The molecular formula is C15H21F3N4. The summed E-state index contributed by atoms with van der Waals surface area (Å²) >= 11 is 0. The number of piperazine rings is 1. The molecule has 0 spiro atoms. The molecule has 1 unspecified atom stereocenters. The summed E-state index contributed by atoms with van der Waals surface area (Å²) in [5.74, 6) is 0. The third-order valence-electron chi connectivity index (χ3n) is 4.48. The number of nitrogens with one attached hydrogen (secondary N) is 1. The van der Waals surface area contributed by atoms with Crippen LogP contribution in [0.1, 0.15) is 17.7 Å². The van der Waals surface area contributed by atoms with Crippen molar-refractivity contribution in [1.29, 1.82) is 0 Å². The summed E-state index contributed by atoms with van der Waals surface area (Å²) in [6.45, 7) is 5.98. The third kappa shape index (κ3) is 3.59. The van der Waals surface area contributed by atoms with Gasteiger partial charge in [0.05, 0.1) is 11.3 Å². The van der Waals surface area contributed by atoms with Crippen LogP contribution in [0.5, 0.6) is 0 Å². The molecule has 0 bridgehead atoms. The first-order valence-corrected chi connectivity index (χ1v) is 7.72. The van der Waals surface area contributed by atoms with Crippen LogP contribution in [0.25, 0.3) is 0 Å². The van der Waals surface area contributed by atoms with Gasteiger partial charge in [0.2, 0.25) is 0 Å². The van der Waals surface area contributed by atoms with Gasteiger partial charge < -0.3 is 5.32 Å². The minimum atomic E-state index is -4.33. The van der Waals surface area contributed by atoms with Crippen LogP contribution < -0.4 is 5.32 Å². The van der Waals surface area contributed by atoms with Gasteiger partial charge in [0.15, 0.2) is 0 Å². The van der Waals surface area contributed by atoms with Gasteiger partial charge in [-0.25, -0.2) is 0 Å². The molecule has 2 fully saturated rings. The highest BCUT2D eigenvalue weighted by Crippen LogP contribution is 2.32. The Hall–Kier alpha value is -1.18. The lowest BCUT2D eigenvalue weighted by Gasteiger charge is -2.32. The molecule has 1 aromatic heterocycles. The van der Waals surface area contributed by atoms with E-state index in [0.717, 1.165) is 51.8 Å². The van der Waals surface area contributed by atoms with Gasteiger partial charge in [-0.2, -0.15) is 13.2 Å². The number of hydrogen-bond donors (Lipinski definition) is 1. The molecule has 0 aliphatic carbocycles. The number of nitrogens with zero attached hydrogens (tertiary/aromatic N) is 3. The molecule has 0 amide bonds. The molecule has 2 saturated heterocycles. The molecule has 2 aliphatic heterocycles. The van der Waals surface area contributed by atoms with Crippen LogP contribution in [0.3, 0.4) is 0 Å². The maximum Gasteiger partial charge on any atom is 0.418 e. The van der Waals surface area contributed by atoms with Gasteiger partial charge in [-0.05, 0) is 18.6 Å². The topological polar surface area (TPSA) is 31.4 Å². The molecule has 0 aromatic carbocycles. The zero-order valence-corrected chi connectivity index (χ0v) is 12.4. The molecule has 122 valence electrons. The second-order valence-corrected chi connectivity index (χ2v) is 5.96. The van der Waals surface area contributed by atoms with Crippen molar-refractivity contribution in [2.24, 2.45) is 0 Å². The quantitative estimate of drug-likeness (QED) is 0.918. The van der Waals surface area contributed by atoms with Crippen LogP contribution in [-0.2, 0) is 12.7 Å². The Morgan fingerprint density at radius 1 is 1.23 bits per heavy atom. The van der Waals surface area contributed by atoms with Gasteiger partial charge in [0, 0.05) is 58.1 Å². The summed E-state index contributed by atoms with van der Waals surface area (Å²) in [7, 11) is 0. The van der Waals surface area contributed by atoms with Crippen molar-refractivity contribution < 1.29 is 13.2 Å². The lowest BCUT2D eigenvalue weighted by Crippen LogP contribution is -2.49. The predicted octanol–water partition coefficient (Wildman–Crippen LogP) is 1.58. The Balaban J connectivity index is 1.63. The summed E-state index contributed by atoms with van der Waals surface area (Å²) in [6, 6.07) is 2.92. The third-order valence-corrected chi connectivity index (χ3v) is 4.48. The van der Waals surface area contributed by atoms with E-state index in [9.17, 15) is 13.2 Å². The molecule has 22 heavy (non-hydrogen) atoms. The molecule has 4 nitrogen and oxygen atoms in total. The Bertz CT molecular complexity index is 500. The largest absolute Gasteiger partial charge is 0.418 e. The Kier molecular flexibility index (Phi) is 4.65. The van der Waals surface area contributed by atoms with E-state index in [1.54, 1.807) is 0 Å². The molecule has 1 atom stereocenters. The van der Waals surface area contributed by atoms with E-state index >= 15 is 0 Å². The van der Waals surface area contributed by atoms with E-state index in [1.165, 1.54) is 12.3 Å². The number of rotatable bonds is 3. The van der Waals surface area contributed by atoms with E-state index in [1.807, 2.05) is 0 Å². The van der Waals surface area contributed by atoms with Gasteiger partial charge in [-0.3, -0.25) is 14.8 Å². The summed E-state index contributed by atoms with van der Waals surface area (Å²) < 4.78 is 39.0. The molecule has 2 aliphatic rings. The van der Waals surface area contributed by atoms with Crippen molar-refractivity contribution in [3.8, 4) is 0 Å². The fourth-order valence-corrected chi connectivity index (χ4v) is 3.34. The van der Waals surface area contributed by atoms with Crippen molar-refractivity contribution in [2.75, 3.05) is 39.3 Å². The molecule has 0 saturated carbocycles. The van der Waals surface area contributed by atoms with E-state index < -0.39 is 11.7 Å². The van der Waals surface area contributed by atoms with Crippen LogP contribution in [0.2, 0.25) is 0 Å². The van der Waals surface area contributed by atoms with Gasteiger partial charge in [-0.1, -0.05) is 0 Å². The van der Waals surface area contributed by atoms with Crippen molar-refractivity contribution in [3.05, 3.63) is 29.6 Å². The summed E-state index contributed by atoms with van der Waals surface area (Å²) in [5.41, 5.74) is -0.475. The lowest BCUT2D eigenvalue weighted by atomic mass is 10.1. The van der Waals surface area contributed by atoms with Crippen molar-refractivity contribution in [1.82, 2.24) is 20.1 Å². The number of alkyl halides is 3. The predicted molar refractivity (Wildman–Crippen MR) is 77.4 cm³/mol. The zero-order valence-electron chi connectivity index (χ0n) is 12.4. The first kappa shape index (κ1) is 15.7. The molecular weight excluding hydrogens is 293 g/mol. The Labute approximate surface area is 128 Å². The number of aromatic nitrogens is 1. The standard InChI is InChI=1S/C15H21F3N4/c16-15(17,18)13-2-1-4-20-14(13)11-21-7-3-12(10-21)22-8-5-19-6-9-22/h1-2,4,12,19H,3,5-11H2. The van der Waals surface area contributed by atoms with Crippen LogP contribution in [0.15, 0.2) is 18.3 Å². The smallest absolute Gasteiger partial charge is 0.314 e. The fraction of sp³-hybridized carbons (Fsp3) is 0.667. The summed E-state index contributed by atoms with van der Waals surface area (Å²) in [6.07, 6.45) is -1.87. The molecule has 3 rings (SSSR count). The summed E-state index contributed by atoms with van der Waals surface area (Å²) in [4.78, 5) is 8.49. The van der Waals surface area contributed by atoms with Gasteiger partial charge in [0.25, 0.3) is 0 Å². The van der Waals surface area contributed by atoms with E-state index in [-0.39, 0.29) is 12.2 Å². The van der Waals surface area contributed by atoms with Crippen LogP contribution >= 0.6 is 0 Å².